The van der Waals surface area contributed by atoms with Crippen LogP contribution in [-0.4, -0.2) is 40.9 Å². The standard InChI is InChI=1S/C18H22N4O4/c1-10-4-7-13(11(2)8-10)19-16(25)20-14(23)9-22-15(24)18(3,12-5-6-12)21-17(22)26/h4,7-8,12H,5-6,9H2,1-3H3,(H,21,26)(H2,19,20,23,25)/t18-/m1/s1. The number of carbonyl (C=O) groups excluding carboxylic acids is 4. The summed E-state index contributed by atoms with van der Waals surface area (Å²) in [5, 5.41) is 7.39. The highest BCUT2D eigenvalue weighted by atomic mass is 16.2. The van der Waals surface area contributed by atoms with E-state index >= 15 is 0 Å². The molecule has 2 fully saturated rings. The van der Waals surface area contributed by atoms with Crippen molar-refractivity contribution in [2.75, 3.05) is 11.9 Å². The molecule has 1 saturated carbocycles. The summed E-state index contributed by atoms with van der Waals surface area (Å²) in [6.07, 6.45) is 1.75. The third kappa shape index (κ3) is 3.40. The van der Waals surface area contributed by atoms with Gasteiger partial charge in [0.1, 0.15) is 12.1 Å². The lowest BCUT2D eigenvalue weighted by Gasteiger charge is -2.20. The van der Waals surface area contributed by atoms with Crippen LogP contribution in [0.25, 0.3) is 0 Å². The van der Waals surface area contributed by atoms with E-state index in [1.807, 2.05) is 26.0 Å². The van der Waals surface area contributed by atoms with Gasteiger partial charge in [0, 0.05) is 5.69 Å². The molecule has 1 heterocycles. The van der Waals surface area contributed by atoms with Gasteiger partial charge in [-0.1, -0.05) is 17.7 Å². The number of hydrogen-bond acceptors (Lipinski definition) is 4. The van der Waals surface area contributed by atoms with E-state index in [2.05, 4.69) is 16.0 Å². The maximum absolute atomic E-state index is 12.5. The fraction of sp³-hybridized carbons (Fsp3) is 0.444. The monoisotopic (exact) mass is 358 g/mol. The van der Waals surface area contributed by atoms with Crippen molar-refractivity contribution in [3.05, 3.63) is 29.3 Å². The zero-order chi connectivity index (χ0) is 19.1. The van der Waals surface area contributed by atoms with Gasteiger partial charge in [-0.15, -0.1) is 0 Å². The van der Waals surface area contributed by atoms with E-state index < -0.39 is 36.0 Å². The fourth-order valence-corrected chi connectivity index (χ4v) is 3.21. The molecule has 1 aromatic rings. The van der Waals surface area contributed by atoms with Crippen LogP contribution >= 0.6 is 0 Å². The zero-order valence-electron chi connectivity index (χ0n) is 15.0. The Balaban J connectivity index is 1.57. The van der Waals surface area contributed by atoms with Gasteiger partial charge in [0.25, 0.3) is 5.91 Å². The van der Waals surface area contributed by atoms with Gasteiger partial charge in [0.15, 0.2) is 0 Å². The van der Waals surface area contributed by atoms with E-state index in [1.54, 1.807) is 13.0 Å². The summed E-state index contributed by atoms with van der Waals surface area (Å²) in [7, 11) is 0. The topological polar surface area (TPSA) is 108 Å². The van der Waals surface area contributed by atoms with Crippen LogP contribution in [0.1, 0.15) is 30.9 Å². The van der Waals surface area contributed by atoms with Gasteiger partial charge in [-0.2, -0.15) is 0 Å². The van der Waals surface area contributed by atoms with Crippen molar-refractivity contribution in [3.8, 4) is 0 Å². The van der Waals surface area contributed by atoms with Gasteiger partial charge in [0.2, 0.25) is 5.91 Å². The third-order valence-corrected chi connectivity index (χ3v) is 4.88. The molecule has 8 heteroatoms. The Morgan fingerprint density at radius 1 is 1.27 bits per heavy atom. The quantitative estimate of drug-likeness (QED) is 0.712. The summed E-state index contributed by atoms with van der Waals surface area (Å²) in [4.78, 5) is 49.4. The van der Waals surface area contributed by atoms with Crippen LogP contribution in [0, 0.1) is 19.8 Å². The van der Waals surface area contributed by atoms with Crippen LogP contribution in [0.4, 0.5) is 15.3 Å². The molecule has 1 aliphatic heterocycles. The molecule has 1 atom stereocenters. The van der Waals surface area contributed by atoms with E-state index in [0.717, 1.165) is 28.9 Å². The summed E-state index contributed by atoms with van der Waals surface area (Å²) in [6.45, 7) is 4.97. The Morgan fingerprint density at radius 2 is 1.96 bits per heavy atom. The number of amides is 6. The molecule has 2 aliphatic rings. The van der Waals surface area contributed by atoms with Gasteiger partial charge < -0.3 is 10.6 Å². The van der Waals surface area contributed by atoms with Crippen molar-refractivity contribution >= 4 is 29.6 Å². The number of carbonyl (C=O) groups is 4. The smallest absolute Gasteiger partial charge is 0.323 e. The van der Waals surface area contributed by atoms with Crippen molar-refractivity contribution in [1.82, 2.24) is 15.5 Å². The minimum Gasteiger partial charge on any atom is -0.323 e. The van der Waals surface area contributed by atoms with E-state index in [4.69, 9.17) is 0 Å². The van der Waals surface area contributed by atoms with Crippen LogP contribution in [0.3, 0.4) is 0 Å². The third-order valence-electron chi connectivity index (χ3n) is 4.88. The highest BCUT2D eigenvalue weighted by molar-refractivity contribution is 6.10. The SMILES string of the molecule is Cc1ccc(NC(=O)NC(=O)CN2C(=O)N[C@](C)(C3CC3)C2=O)c(C)c1. The Morgan fingerprint density at radius 3 is 2.58 bits per heavy atom. The van der Waals surface area contributed by atoms with E-state index in [-0.39, 0.29) is 5.92 Å². The number of nitrogens with zero attached hydrogens (tertiary/aromatic N) is 1. The molecule has 3 rings (SSSR count). The lowest BCUT2D eigenvalue weighted by atomic mass is 9.96. The van der Waals surface area contributed by atoms with Crippen molar-refractivity contribution in [3.63, 3.8) is 0 Å². The van der Waals surface area contributed by atoms with Gasteiger partial charge >= 0.3 is 12.1 Å². The first kappa shape index (κ1) is 17.9. The van der Waals surface area contributed by atoms with Crippen LogP contribution in [-0.2, 0) is 9.59 Å². The average molecular weight is 358 g/mol. The average Bonchev–Trinajstić information content (AvgIpc) is 3.36. The minimum absolute atomic E-state index is 0.111. The van der Waals surface area contributed by atoms with E-state index in [0.29, 0.717) is 5.69 Å². The Labute approximate surface area is 151 Å². The summed E-state index contributed by atoms with van der Waals surface area (Å²) in [6, 6.07) is 4.18. The van der Waals surface area contributed by atoms with Crippen molar-refractivity contribution < 1.29 is 19.2 Å². The first-order valence-corrected chi connectivity index (χ1v) is 8.53. The summed E-state index contributed by atoms with van der Waals surface area (Å²) in [5.74, 6) is -1.04. The van der Waals surface area contributed by atoms with Crippen molar-refractivity contribution in [2.45, 2.75) is 39.2 Å². The van der Waals surface area contributed by atoms with Crippen molar-refractivity contribution in [1.29, 1.82) is 0 Å². The number of aryl methyl sites for hydroxylation is 2. The molecule has 3 N–H and O–H groups in total. The second kappa shape index (κ2) is 6.44. The number of benzene rings is 1. The maximum Gasteiger partial charge on any atom is 0.325 e. The molecular formula is C18H22N4O4. The molecule has 138 valence electrons. The molecule has 1 saturated heterocycles. The summed E-state index contributed by atoms with van der Waals surface area (Å²) < 4.78 is 0. The molecule has 0 aromatic heterocycles. The molecule has 0 radical (unpaired) electrons. The summed E-state index contributed by atoms with van der Waals surface area (Å²) in [5.41, 5.74) is 1.56. The molecule has 6 amide bonds. The molecule has 1 aliphatic carbocycles. The highest BCUT2D eigenvalue weighted by Gasteiger charge is 2.56. The first-order chi connectivity index (χ1) is 12.2. The Kier molecular flexibility index (Phi) is 4.43. The lowest BCUT2D eigenvalue weighted by Crippen LogP contribution is -2.47. The predicted molar refractivity (Wildman–Crippen MR) is 94.5 cm³/mol. The van der Waals surface area contributed by atoms with E-state index in [9.17, 15) is 19.2 Å². The molecular weight excluding hydrogens is 336 g/mol. The number of anilines is 1. The van der Waals surface area contributed by atoms with Crippen molar-refractivity contribution in [2.24, 2.45) is 5.92 Å². The van der Waals surface area contributed by atoms with Crippen LogP contribution < -0.4 is 16.0 Å². The molecule has 0 unspecified atom stereocenters. The van der Waals surface area contributed by atoms with Gasteiger partial charge in [-0.25, -0.2) is 9.59 Å². The zero-order valence-corrected chi connectivity index (χ0v) is 15.0. The Hall–Kier alpha value is -2.90. The molecule has 0 bridgehead atoms. The van der Waals surface area contributed by atoms with Gasteiger partial charge in [0.05, 0.1) is 0 Å². The largest absolute Gasteiger partial charge is 0.325 e. The number of hydrogen-bond donors (Lipinski definition) is 3. The number of urea groups is 2. The number of nitrogens with one attached hydrogen (secondary N) is 3. The number of imide groups is 2. The van der Waals surface area contributed by atoms with E-state index in [1.165, 1.54) is 0 Å². The fourth-order valence-electron chi connectivity index (χ4n) is 3.21. The van der Waals surface area contributed by atoms with Gasteiger partial charge in [-0.3, -0.25) is 19.8 Å². The van der Waals surface area contributed by atoms with Crippen LogP contribution in [0.2, 0.25) is 0 Å². The first-order valence-electron chi connectivity index (χ1n) is 8.53. The Bertz CT molecular complexity index is 802. The van der Waals surface area contributed by atoms with Crippen LogP contribution in [0.15, 0.2) is 18.2 Å². The minimum atomic E-state index is -0.946. The van der Waals surface area contributed by atoms with Gasteiger partial charge in [-0.05, 0) is 51.2 Å². The highest BCUT2D eigenvalue weighted by Crippen LogP contribution is 2.42. The lowest BCUT2D eigenvalue weighted by molar-refractivity contribution is -0.134. The molecule has 0 spiro atoms. The normalized spacial score (nSPS) is 22.2. The molecule has 26 heavy (non-hydrogen) atoms. The predicted octanol–water partition coefficient (Wildman–Crippen LogP) is 1.67. The maximum atomic E-state index is 12.5. The van der Waals surface area contributed by atoms with Crippen LogP contribution in [0.5, 0.6) is 0 Å². The number of rotatable bonds is 4. The second-order valence-corrected chi connectivity index (χ2v) is 7.12. The molecule has 1 aromatic carbocycles. The summed E-state index contributed by atoms with van der Waals surface area (Å²) >= 11 is 0. The second-order valence-electron chi connectivity index (χ2n) is 7.12. The molecule has 8 nitrogen and oxygen atoms in total.